The summed E-state index contributed by atoms with van der Waals surface area (Å²) >= 11 is 0. The van der Waals surface area contributed by atoms with E-state index >= 15 is 0 Å². The summed E-state index contributed by atoms with van der Waals surface area (Å²) in [5.74, 6) is -1.13. The number of hydrogen-bond donors (Lipinski definition) is 1. The standard InChI is InChI=1S/C22H21F4NO4/c23-19-8-15(22(24,25)26)6-7-18(19)21(29)9-16-12-30-13-17(10-21)27(16)20(28)31-11-14-4-2-1-3-5-14/h1-8,16-17,29H,9-13H2. The number of piperidine rings is 1. The van der Waals surface area contributed by atoms with E-state index in [1.54, 1.807) is 0 Å². The number of aliphatic hydroxyl groups is 1. The van der Waals surface area contributed by atoms with Crippen LogP contribution in [0.15, 0.2) is 48.5 Å². The van der Waals surface area contributed by atoms with Crippen LogP contribution in [0, 0.1) is 5.82 Å². The van der Waals surface area contributed by atoms with Crippen molar-refractivity contribution in [2.75, 3.05) is 13.2 Å². The second-order valence-electron chi connectivity index (χ2n) is 7.92. The fraction of sp³-hybridized carbons (Fsp3) is 0.409. The van der Waals surface area contributed by atoms with Gasteiger partial charge in [0, 0.05) is 18.4 Å². The average Bonchev–Trinajstić information content (AvgIpc) is 2.71. The summed E-state index contributed by atoms with van der Waals surface area (Å²) in [4.78, 5) is 14.2. The van der Waals surface area contributed by atoms with Crippen LogP contribution in [0.1, 0.15) is 29.5 Å². The van der Waals surface area contributed by atoms with Crippen LogP contribution in [0.4, 0.5) is 22.4 Å². The van der Waals surface area contributed by atoms with E-state index in [0.717, 1.165) is 17.7 Å². The molecular formula is C22H21F4NO4. The lowest BCUT2D eigenvalue weighted by Crippen LogP contribution is -2.62. The largest absolute Gasteiger partial charge is 0.445 e. The maximum Gasteiger partial charge on any atom is 0.416 e. The Labute approximate surface area is 176 Å². The minimum absolute atomic E-state index is 0.0772. The molecule has 2 aliphatic heterocycles. The van der Waals surface area contributed by atoms with E-state index in [0.29, 0.717) is 6.07 Å². The van der Waals surface area contributed by atoms with Gasteiger partial charge in [-0.15, -0.1) is 0 Å². The van der Waals surface area contributed by atoms with E-state index in [2.05, 4.69) is 0 Å². The van der Waals surface area contributed by atoms with E-state index in [-0.39, 0.29) is 38.2 Å². The minimum atomic E-state index is -4.68. The molecule has 2 saturated heterocycles. The molecule has 0 aliphatic carbocycles. The van der Waals surface area contributed by atoms with Crippen molar-refractivity contribution in [3.05, 3.63) is 71.0 Å². The van der Waals surface area contributed by atoms with Crippen molar-refractivity contribution in [2.45, 2.75) is 43.3 Å². The number of morpholine rings is 1. The predicted octanol–water partition coefficient (Wildman–Crippen LogP) is 4.23. The topological polar surface area (TPSA) is 59.0 Å². The Hall–Kier alpha value is -2.65. The Balaban J connectivity index is 1.52. The third kappa shape index (κ3) is 4.38. The number of hydrogen-bond acceptors (Lipinski definition) is 4. The first-order chi connectivity index (χ1) is 14.7. The molecule has 2 aliphatic rings. The number of benzene rings is 2. The third-order valence-electron chi connectivity index (χ3n) is 5.77. The molecule has 2 bridgehead atoms. The number of alkyl halides is 3. The van der Waals surface area contributed by atoms with E-state index in [4.69, 9.17) is 9.47 Å². The van der Waals surface area contributed by atoms with Crippen LogP contribution in [0.5, 0.6) is 0 Å². The Morgan fingerprint density at radius 1 is 1.13 bits per heavy atom. The molecule has 0 aromatic heterocycles. The molecule has 2 fully saturated rings. The lowest BCUT2D eigenvalue weighted by atomic mass is 9.76. The second kappa shape index (κ2) is 8.12. The van der Waals surface area contributed by atoms with Gasteiger partial charge in [0.15, 0.2) is 0 Å². The number of carbonyl (C=O) groups excluding carboxylic acids is 1. The molecule has 2 heterocycles. The molecule has 5 nitrogen and oxygen atoms in total. The first-order valence-electron chi connectivity index (χ1n) is 9.84. The maximum absolute atomic E-state index is 14.6. The summed E-state index contributed by atoms with van der Waals surface area (Å²) in [6, 6.07) is 10.1. The molecule has 1 N–H and O–H groups in total. The van der Waals surface area contributed by atoms with Gasteiger partial charge in [0.2, 0.25) is 0 Å². The van der Waals surface area contributed by atoms with Crippen LogP contribution in [-0.4, -0.2) is 41.4 Å². The molecule has 4 rings (SSSR count). The lowest BCUT2D eigenvalue weighted by molar-refractivity contribution is -0.140. The van der Waals surface area contributed by atoms with Crippen LogP contribution in [0.2, 0.25) is 0 Å². The number of fused-ring (bicyclic) bond motifs is 2. The number of nitrogens with zero attached hydrogens (tertiary/aromatic N) is 1. The van der Waals surface area contributed by atoms with E-state index in [1.165, 1.54) is 4.90 Å². The zero-order valence-electron chi connectivity index (χ0n) is 16.4. The monoisotopic (exact) mass is 439 g/mol. The third-order valence-corrected chi connectivity index (χ3v) is 5.77. The fourth-order valence-electron chi connectivity index (χ4n) is 4.36. The Morgan fingerprint density at radius 2 is 1.77 bits per heavy atom. The van der Waals surface area contributed by atoms with Crippen LogP contribution < -0.4 is 0 Å². The molecule has 1 amide bonds. The Kier molecular flexibility index (Phi) is 5.65. The van der Waals surface area contributed by atoms with Crippen LogP contribution >= 0.6 is 0 Å². The maximum atomic E-state index is 14.6. The van der Waals surface area contributed by atoms with Gasteiger partial charge in [-0.05, 0) is 17.7 Å². The predicted molar refractivity (Wildman–Crippen MR) is 101 cm³/mol. The average molecular weight is 439 g/mol. The molecule has 0 radical (unpaired) electrons. The molecule has 0 spiro atoms. The van der Waals surface area contributed by atoms with E-state index < -0.39 is 41.3 Å². The van der Waals surface area contributed by atoms with Gasteiger partial charge in [0.25, 0.3) is 0 Å². The highest BCUT2D eigenvalue weighted by atomic mass is 19.4. The van der Waals surface area contributed by atoms with Gasteiger partial charge < -0.3 is 14.6 Å². The summed E-state index contributed by atoms with van der Waals surface area (Å²) in [7, 11) is 0. The van der Waals surface area contributed by atoms with Crippen molar-refractivity contribution in [2.24, 2.45) is 0 Å². The van der Waals surface area contributed by atoms with Crippen molar-refractivity contribution >= 4 is 6.09 Å². The molecule has 166 valence electrons. The summed E-state index contributed by atoms with van der Waals surface area (Å²) in [6.45, 7) is 0.303. The normalized spacial score (nSPS) is 25.9. The Bertz CT molecular complexity index is 936. The number of ether oxygens (including phenoxy) is 2. The van der Waals surface area contributed by atoms with Gasteiger partial charge in [-0.1, -0.05) is 36.4 Å². The number of halogens is 4. The molecule has 2 aromatic carbocycles. The van der Waals surface area contributed by atoms with Crippen molar-refractivity contribution in [1.82, 2.24) is 4.90 Å². The van der Waals surface area contributed by atoms with Crippen LogP contribution in [0.3, 0.4) is 0 Å². The van der Waals surface area contributed by atoms with Gasteiger partial charge in [-0.2, -0.15) is 13.2 Å². The first-order valence-corrected chi connectivity index (χ1v) is 9.84. The fourth-order valence-corrected chi connectivity index (χ4v) is 4.36. The number of carbonyl (C=O) groups is 1. The van der Waals surface area contributed by atoms with Gasteiger partial charge >= 0.3 is 12.3 Å². The number of amides is 1. The van der Waals surface area contributed by atoms with Crippen LogP contribution in [-0.2, 0) is 27.9 Å². The SMILES string of the molecule is O=C(OCc1ccccc1)N1C2COCC1CC(O)(c1ccc(C(F)(F)F)cc1F)C2. The van der Waals surface area contributed by atoms with Crippen LogP contribution in [0.25, 0.3) is 0 Å². The summed E-state index contributed by atoms with van der Waals surface area (Å²) < 4.78 is 64.0. The highest BCUT2D eigenvalue weighted by Crippen LogP contribution is 2.43. The van der Waals surface area contributed by atoms with Crippen molar-refractivity contribution in [3.8, 4) is 0 Å². The van der Waals surface area contributed by atoms with Crippen molar-refractivity contribution in [3.63, 3.8) is 0 Å². The highest BCUT2D eigenvalue weighted by Gasteiger charge is 2.50. The highest BCUT2D eigenvalue weighted by molar-refractivity contribution is 5.69. The zero-order valence-corrected chi connectivity index (χ0v) is 16.4. The van der Waals surface area contributed by atoms with Crippen molar-refractivity contribution in [1.29, 1.82) is 0 Å². The van der Waals surface area contributed by atoms with Gasteiger partial charge in [0.05, 0.1) is 36.5 Å². The molecule has 2 unspecified atom stereocenters. The zero-order chi connectivity index (χ0) is 22.2. The van der Waals surface area contributed by atoms with Gasteiger partial charge in [-0.3, -0.25) is 4.90 Å². The summed E-state index contributed by atoms with van der Waals surface area (Å²) in [6.07, 6.45) is -5.41. The molecule has 2 aromatic rings. The first kappa shape index (κ1) is 21.6. The van der Waals surface area contributed by atoms with E-state index in [9.17, 15) is 27.5 Å². The second-order valence-corrected chi connectivity index (χ2v) is 7.92. The quantitative estimate of drug-likeness (QED) is 0.728. The number of rotatable bonds is 3. The van der Waals surface area contributed by atoms with E-state index in [1.807, 2.05) is 30.3 Å². The van der Waals surface area contributed by atoms with Crippen molar-refractivity contribution < 1.29 is 36.9 Å². The minimum Gasteiger partial charge on any atom is -0.445 e. The Morgan fingerprint density at radius 3 is 2.35 bits per heavy atom. The van der Waals surface area contributed by atoms with Gasteiger partial charge in [0.1, 0.15) is 12.4 Å². The molecule has 0 saturated carbocycles. The smallest absolute Gasteiger partial charge is 0.416 e. The lowest BCUT2D eigenvalue weighted by Gasteiger charge is -2.51. The summed E-state index contributed by atoms with van der Waals surface area (Å²) in [5.41, 5.74) is -2.24. The molecular weight excluding hydrogens is 418 g/mol. The summed E-state index contributed by atoms with van der Waals surface area (Å²) in [5, 5.41) is 11.2. The molecule has 2 atom stereocenters. The molecule has 9 heteroatoms. The van der Waals surface area contributed by atoms with Gasteiger partial charge in [-0.25, -0.2) is 9.18 Å². The molecule has 31 heavy (non-hydrogen) atoms.